The first-order valence-electron chi connectivity index (χ1n) is 10.1. The molecule has 7 nitrogen and oxygen atoms in total. The molecule has 0 fully saturated rings. The Morgan fingerprint density at radius 1 is 0.853 bits per heavy atom. The maximum atomic E-state index is 12.9. The quantitative estimate of drug-likeness (QED) is 0.547. The molecule has 34 heavy (non-hydrogen) atoms. The molecule has 0 saturated heterocycles. The Balaban J connectivity index is 1.50. The van der Waals surface area contributed by atoms with Crippen LogP contribution >= 0.6 is 0 Å². The second-order valence-electron chi connectivity index (χ2n) is 7.27. The summed E-state index contributed by atoms with van der Waals surface area (Å²) in [7, 11) is 1.45. The molecule has 0 atom stereocenters. The van der Waals surface area contributed by atoms with Gasteiger partial charge in [0.05, 0.1) is 12.7 Å². The number of methoxy groups -OCH3 is 1. The Morgan fingerprint density at radius 3 is 2.21 bits per heavy atom. The fourth-order valence-corrected chi connectivity index (χ4v) is 3.32. The number of ether oxygens (including phenoxy) is 3. The monoisotopic (exact) mass is 472 g/mol. The average Bonchev–Trinajstić information content (AvgIpc) is 2.83. The highest BCUT2D eigenvalue weighted by Gasteiger charge is 2.30. The summed E-state index contributed by atoms with van der Waals surface area (Å²) >= 11 is 0. The van der Waals surface area contributed by atoms with Crippen molar-refractivity contribution in [3.05, 3.63) is 77.4 Å². The molecule has 3 aromatic rings. The van der Waals surface area contributed by atoms with Gasteiger partial charge in [0, 0.05) is 22.5 Å². The standard InChI is InChI=1S/C24H19F3N2O5/c1-32-19-11-15(12-20-21(19)34-9-8-33-20)23(31)28-17-6-2-4-14(10-17)22(30)29-18-7-3-5-16(13-18)24(25,26)27/h2-7,10-13H,8-9H2,1H3,(H,28,31)(H,29,30). The molecule has 1 aliphatic rings. The molecule has 1 aliphatic heterocycles. The van der Waals surface area contributed by atoms with Crippen LogP contribution in [0.4, 0.5) is 24.5 Å². The first kappa shape index (κ1) is 23.0. The maximum absolute atomic E-state index is 12.9. The molecule has 0 saturated carbocycles. The van der Waals surface area contributed by atoms with E-state index in [4.69, 9.17) is 14.2 Å². The minimum absolute atomic E-state index is 0.00219. The van der Waals surface area contributed by atoms with E-state index in [0.29, 0.717) is 36.1 Å². The smallest absolute Gasteiger partial charge is 0.416 e. The normalized spacial score (nSPS) is 12.6. The van der Waals surface area contributed by atoms with E-state index < -0.39 is 23.6 Å². The van der Waals surface area contributed by atoms with Crippen molar-refractivity contribution in [2.75, 3.05) is 31.0 Å². The summed E-state index contributed by atoms with van der Waals surface area (Å²) in [6.07, 6.45) is -4.53. The number of alkyl halides is 3. The maximum Gasteiger partial charge on any atom is 0.416 e. The summed E-state index contributed by atoms with van der Waals surface area (Å²) in [5, 5.41) is 5.12. The van der Waals surface area contributed by atoms with Gasteiger partial charge in [0.1, 0.15) is 13.2 Å². The van der Waals surface area contributed by atoms with E-state index >= 15 is 0 Å². The lowest BCUT2D eigenvalue weighted by molar-refractivity contribution is -0.137. The number of hydrogen-bond donors (Lipinski definition) is 2. The van der Waals surface area contributed by atoms with Crippen LogP contribution in [0.25, 0.3) is 0 Å². The third-order valence-corrected chi connectivity index (χ3v) is 4.92. The number of carbonyl (C=O) groups excluding carboxylic acids is 2. The van der Waals surface area contributed by atoms with Crippen molar-refractivity contribution >= 4 is 23.2 Å². The van der Waals surface area contributed by atoms with Crippen LogP contribution in [0.1, 0.15) is 26.3 Å². The van der Waals surface area contributed by atoms with Gasteiger partial charge in [0.25, 0.3) is 11.8 Å². The molecule has 176 valence electrons. The van der Waals surface area contributed by atoms with Crippen LogP contribution in [0, 0.1) is 0 Å². The molecule has 0 radical (unpaired) electrons. The molecule has 2 N–H and O–H groups in total. The van der Waals surface area contributed by atoms with Crippen LogP contribution in [-0.2, 0) is 6.18 Å². The number of fused-ring (bicyclic) bond motifs is 1. The fraction of sp³-hybridized carbons (Fsp3) is 0.167. The van der Waals surface area contributed by atoms with Crippen LogP contribution in [-0.4, -0.2) is 32.1 Å². The van der Waals surface area contributed by atoms with Gasteiger partial charge in [-0.05, 0) is 48.5 Å². The van der Waals surface area contributed by atoms with Crippen LogP contribution in [0.3, 0.4) is 0 Å². The van der Waals surface area contributed by atoms with Crippen molar-refractivity contribution in [2.24, 2.45) is 0 Å². The fourth-order valence-electron chi connectivity index (χ4n) is 3.32. The zero-order valence-corrected chi connectivity index (χ0v) is 17.9. The summed E-state index contributed by atoms with van der Waals surface area (Å²) in [5.74, 6) is 0.0298. The lowest BCUT2D eigenvalue weighted by atomic mass is 10.1. The van der Waals surface area contributed by atoms with E-state index in [1.54, 1.807) is 12.1 Å². The molecule has 0 aliphatic carbocycles. The highest BCUT2D eigenvalue weighted by atomic mass is 19.4. The lowest BCUT2D eigenvalue weighted by Gasteiger charge is -2.21. The number of halogens is 3. The van der Waals surface area contributed by atoms with Gasteiger partial charge in [0.15, 0.2) is 11.5 Å². The van der Waals surface area contributed by atoms with Gasteiger partial charge in [0.2, 0.25) is 5.75 Å². The Morgan fingerprint density at radius 2 is 1.50 bits per heavy atom. The van der Waals surface area contributed by atoms with Crippen LogP contribution in [0.15, 0.2) is 60.7 Å². The van der Waals surface area contributed by atoms with E-state index in [9.17, 15) is 22.8 Å². The van der Waals surface area contributed by atoms with E-state index in [1.807, 2.05) is 0 Å². The molecule has 0 bridgehead atoms. The predicted octanol–water partition coefficient (Wildman–Crippen LogP) is 4.99. The SMILES string of the molecule is COc1cc(C(=O)Nc2cccc(C(=O)Nc3cccc(C(F)(F)F)c3)c2)cc2c1OCCO2. The second kappa shape index (κ2) is 9.34. The summed E-state index contributed by atoms with van der Waals surface area (Å²) < 4.78 is 55.1. The number of benzene rings is 3. The molecule has 0 unspecified atom stereocenters. The Labute approximate surface area is 192 Å². The third-order valence-electron chi connectivity index (χ3n) is 4.92. The summed E-state index contributed by atoms with van der Waals surface area (Å²) in [4.78, 5) is 25.4. The highest BCUT2D eigenvalue weighted by molar-refractivity contribution is 6.07. The van der Waals surface area contributed by atoms with E-state index in [0.717, 1.165) is 12.1 Å². The Hall–Kier alpha value is -4.21. The van der Waals surface area contributed by atoms with Gasteiger partial charge in [-0.15, -0.1) is 0 Å². The molecule has 0 spiro atoms. The number of amides is 2. The first-order valence-corrected chi connectivity index (χ1v) is 10.1. The summed E-state index contributed by atoms with van der Waals surface area (Å²) in [6, 6.07) is 13.4. The van der Waals surface area contributed by atoms with Crippen molar-refractivity contribution in [2.45, 2.75) is 6.18 Å². The van der Waals surface area contributed by atoms with E-state index in [1.165, 1.54) is 43.5 Å². The molecular weight excluding hydrogens is 453 g/mol. The minimum Gasteiger partial charge on any atom is -0.493 e. The molecule has 4 rings (SSSR count). The lowest BCUT2D eigenvalue weighted by Crippen LogP contribution is -2.18. The zero-order chi connectivity index (χ0) is 24.3. The van der Waals surface area contributed by atoms with Gasteiger partial charge in [-0.1, -0.05) is 12.1 Å². The van der Waals surface area contributed by atoms with Gasteiger partial charge >= 0.3 is 6.18 Å². The predicted molar refractivity (Wildman–Crippen MR) is 118 cm³/mol. The van der Waals surface area contributed by atoms with Crippen LogP contribution in [0.5, 0.6) is 17.2 Å². The van der Waals surface area contributed by atoms with Crippen molar-refractivity contribution in [1.82, 2.24) is 0 Å². The molecule has 2 amide bonds. The Kier molecular flexibility index (Phi) is 6.31. The van der Waals surface area contributed by atoms with Crippen molar-refractivity contribution in [3.63, 3.8) is 0 Å². The number of anilines is 2. The largest absolute Gasteiger partial charge is 0.493 e. The number of rotatable bonds is 5. The topological polar surface area (TPSA) is 85.9 Å². The van der Waals surface area contributed by atoms with Crippen LogP contribution < -0.4 is 24.8 Å². The van der Waals surface area contributed by atoms with Crippen molar-refractivity contribution < 1.29 is 37.0 Å². The molecule has 1 heterocycles. The van der Waals surface area contributed by atoms with Crippen molar-refractivity contribution in [1.29, 1.82) is 0 Å². The van der Waals surface area contributed by atoms with E-state index in [-0.39, 0.29) is 16.8 Å². The average molecular weight is 472 g/mol. The number of carbonyl (C=O) groups is 2. The molecule has 0 aromatic heterocycles. The minimum atomic E-state index is -4.53. The van der Waals surface area contributed by atoms with Gasteiger partial charge < -0.3 is 24.8 Å². The van der Waals surface area contributed by atoms with E-state index in [2.05, 4.69) is 10.6 Å². The third kappa shape index (κ3) is 5.06. The molecular formula is C24H19F3N2O5. The highest BCUT2D eigenvalue weighted by Crippen LogP contribution is 2.40. The number of nitrogens with one attached hydrogen (secondary N) is 2. The number of hydrogen-bond acceptors (Lipinski definition) is 5. The summed E-state index contributed by atoms with van der Waals surface area (Å²) in [5.41, 5.74) is -0.163. The van der Waals surface area contributed by atoms with Gasteiger partial charge in [-0.3, -0.25) is 9.59 Å². The van der Waals surface area contributed by atoms with Crippen molar-refractivity contribution in [3.8, 4) is 17.2 Å². The zero-order valence-electron chi connectivity index (χ0n) is 17.9. The molecule has 3 aromatic carbocycles. The van der Waals surface area contributed by atoms with Crippen LogP contribution in [0.2, 0.25) is 0 Å². The van der Waals surface area contributed by atoms with Gasteiger partial charge in [-0.2, -0.15) is 13.2 Å². The van der Waals surface area contributed by atoms with Gasteiger partial charge in [-0.25, -0.2) is 0 Å². The second-order valence-corrected chi connectivity index (χ2v) is 7.27. The summed E-state index contributed by atoms with van der Waals surface area (Å²) in [6.45, 7) is 0.703. The first-order chi connectivity index (χ1) is 16.2. The Bertz CT molecular complexity index is 1230. The molecule has 10 heteroatoms.